The highest BCUT2D eigenvalue weighted by molar-refractivity contribution is 6.30. The van der Waals surface area contributed by atoms with Crippen LogP contribution in [0.5, 0.6) is 0 Å². The molecule has 0 aliphatic rings. The number of hydrogen-bond donors (Lipinski definition) is 3. The van der Waals surface area contributed by atoms with E-state index in [2.05, 4.69) is 5.32 Å². The molecule has 0 bridgehead atoms. The van der Waals surface area contributed by atoms with Crippen molar-refractivity contribution >= 4 is 11.6 Å². The molecule has 1 atom stereocenters. The summed E-state index contributed by atoms with van der Waals surface area (Å²) >= 11 is 5.68. The van der Waals surface area contributed by atoms with Gasteiger partial charge < -0.3 is 15.5 Å². The maximum atomic E-state index is 12.6. The van der Waals surface area contributed by atoms with E-state index in [4.69, 9.17) is 16.7 Å². The lowest BCUT2D eigenvalue weighted by Gasteiger charge is -2.16. The summed E-state index contributed by atoms with van der Waals surface area (Å²) in [7, 11) is 0. The zero-order chi connectivity index (χ0) is 12.9. The Morgan fingerprint density at radius 3 is 2.41 bits per heavy atom. The van der Waals surface area contributed by atoms with Crippen LogP contribution in [0.4, 0.5) is 8.78 Å². The van der Waals surface area contributed by atoms with Crippen LogP contribution in [0.15, 0.2) is 24.3 Å². The fourth-order valence-electron chi connectivity index (χ4n) is 1.25. The van der Waals surface area contributed by atoms with Crippen molar-refractivity contribution in [2.24, 2.45) is 0 Å². The molecule has 96 valence electrons. The largest absolute Gasteiger partial charge is 0.390 e. The first-order valence-corrected chi connectivity index (χ1v) is 5.45. The monoisotopic (exact) mass is 265 g/mol. The summed E-state index contributed by atoms with van der Waals surface area (Å²) < 4.78 is 25.3. The van der Waals surface area contributed by atoms with E-state index in [9.17, 15) is 13.9 Å². The van der Waals surface area contributed by atoms with Crippen LogP contribution in [-0.4, -0.2) is 35.8 Å². The molecule has 0 spiro atoms. The Labute approximate surface area is 103 Å². The summed E-state index contributed by atoms with van der Waals surface area (Å²) in [5.41, 5.74) is 0.592. The van der Waals surface area contributed by atoms with E-state index in [1.165, 1.54) is 0 Å². The van der Waals surface area contributed by atoms with Gasteiger partial charge in [0.05, 0.1) is 12.6 Å². The van der Waals surface area contributed by atoms with E-state index in [1.807, 2.05) is 0 Å². The zero-order valence-corrected chi connectivity index (χ0v) is 9.79. The molecular weight excluding hydrogens is 252 g/mol. The smallest absolute Gasteiger partial charge is 0.282 e. The third-order valence-corrected chi connectivity index (χ3v) is 2.46. The third-order valence-electron chi connectivity index (χ3n) is 2.21. The highest BCUT2D eigenvalue weighted by atomic mass is 35.5. The van der Waals surface area contributed by atoms with Gasteiger partial charge >= 0.3 is 0 Å². The van der Waals surface area contributed by atoms with E-state index < -0.39 is 25.2 Å². The van der Waals surface area contributed by atoms with Crippen molar-refractivity contribution in [1.29, 1.82) is 0 Å². The SMILES string of the molecule is OCC(F)(F)CNCC(O)c1ccc(Cl)cc1. The molecule has 0 radical (unpaired) electrons. The molecule has 0 fully saturated rings. The number of benzene rings is 1. The van der Waals surface area contributed by atoms with Crippen LogP contribution in [-0.2, 0) is 0 Å². The Hall–Kier alpha value is -0.750. The Bertz CT molecular complexity index is 346. The van der Waals surface area contributed by atoms with Crippen LogP contribution in [0, 0.1) is 0 Å². The quantitative estimate of drug-likeness (QED) is 0.732. The minimum atomic E-state index is -3.17. The fourth-order valence-corrected chi connectivity index (χ4v) is 1.38. The summed E-state index contributed by atoms with van der Waals surface area (Å²) in [4.78, 5) is 0. The molecule has 0 saturated carbocycles. The van der Waals surface area contributed by atoms with Crippen LogP contribution in [0.3, 0.4) is 0 Å². The average molecular weight is 266 g/mol. The maximum absolute atomic E-state index is 12.6. The summed E-state index contributed by atoms with van der Waals surface area (Å²) in [6.07, 6.45) is -0.887. The first kappa shape index (κ1) is 14.3. The molecular formula is C11H14ClF2NO2. The molecule has 3 nitrogen and oxygen atoms in total. The molecule has 1 aromatic rings. The van der Waals surface area contributed by atoms with E-state index in [0.29, 0.717) is 10.6 Å². The van der Waals surface area contributed by atoms with Gasteiger partial charge in [-0.1, -0.05) is 23.7 Å². The van der Waals surface area contributed by atoms with Crippen molar-refractivity contribution in [2.45, 2.75) is 12.0 Å². The van der Waals surface area contributed by atoms with E-state index in [1.54, 1.807) is 24.3 Å². The van der Waals surface area contributed by atoms with Gasteiger partial charge in [0.25, 0.3) is 5.92 Å². The second kappa shape index (κ2) is 6.26. The van der Waals surface area contributed by atoms with Crippen LogP contribution < -0.4 is 5.32 Å². The number of aliphatic hydroxyl groups is 2. The van der Waals surface area contributed by atoms with Crippen molar-refractivity contribution in [2.75, 3.05) is 19.7 Å². The lowest BCUT2D eigenvalue weighted by Crippen LogP contribution is -2.37. The molecule has 0 aliphatic carbocycles. The van der Waals surface area contributed by atoms with Gasteiger partial charge in [-0.25, -0.2) is 8.78 Å². The highest BCUT2D eigenvalue weighted by Crippen LogP contribution is 2.16. The van der Waals surface area contributed by atoms with Gasteiger partial charge in [0.1, 0.15) is 6.61 Å². The van der Waals surface area contributed by atoms with Gasteiger partial charge in [0.15, 0.2) is 0 Å². The first-order chi connectivity index (χ1) is 7.94. The van der Waals surface area contributed by atoms with Crippen molar-refractivity contribution in [1.82, 2.24) is 5.32 Å². The predicted octanol–water partition coefficient (Wildman–Crippen LogP) is 1.59. The minimum Gasteiger partial charge on any atom is -0.390 e. The van der Waals surface area contributed by atoms with Crippen molar-refractivity contribution in [3.63, 3.8) is 0 Å². The Morgan fingerprint density at radius 1 is 1.29 bits per heavy atom. The van der Waals surface area contributed by atoms with E-state index in [-0.39, 0.29) is 6.54 Å². The summed E-state index contributed by atoms with van der Waals surface area (Å²) in [6.45, 7) is -1.90. The number of halogens is 3. The second-order valence-corrected chi connectivity index (χ2v) is 4.15. The summed E-state index contributed by atoms with van der Waals surface area (Å²) in [5.74, 6) is -3.17. The van der Waals surface area contributed by atoms with Crippen molar-refractivity contribution in [3.8, 4) is 0 Å². The third kappa shape index (κ3) is 4.95. The van der Waals surface area contributed by atoms with E-state index >= 15 is 0 Å². The Kier molecular flexibility index (Phi) is 5.27. The molecule has 1 rings (SSSR count). The normalized spacial score (nSPS) is 13.7. The standard InChI is InChI=1S/C11H14ClF2NO2/c12-9-3-1-8(2-4-9)10(17)5-15-6-11(13,14)7-16/h1-4,10,15-17H,5-7H2. The molecule has 0 aromatic heterocycles. The predicted molar refractivity (Wildman–Crippen MR) is 61.3 cm³/mol. The molecule has 1 unspecified atom stereocenters. The van der Waals surface area contributed by atoms with Gasteiger partial charge in [0.2, 0.25) is 0 Å². The van der Waals surface area contributed by atoms with Crippen LogP contribution in [0.1, 0.15) is 11.7 Å². The Morgan fingerprint density at radius 2 is 1.88 bits per heavy atom. The molecule has 0 aliphatic heterocycles. The molecule has 6 heteroatoms. The second-order valence-electron chi connectivity index (χ2n) is 3.71. The average Bonchev–Trinajstić information content (AvgIpc) is 2.29. The van der Waals surface area contributed by atoms with Gasteiger partial charge in [0, 0.05) is 11.6 Å². The first-order valence-electron chi connectivity index (χ1n) is 5.07. The topological polar surface area (TPSA) is 52.5 Å². The fraction of sp³-hybridized carbons (Fsp3) is 0.455. The van der Waals surface area contributed by atoms with Gasteiger partial charge in [-0.15, -0.1) is 0 Å². The highest BCUT2D eigenvalue weighted by Gasteiger charge is 2.27. The number of nitrogens with one attached hydrogen (secondary N) is 1. The van der Waals surface area contributed by atoms with Gasteiger partial charge in [-0.3, -0.25) is 0 Å². The molecule has 3 N–H and O–H groups in total. The number of rotatable bonds is 6. The molecule has 0 saturated heterocycles. The van der Waals surface area contributed by atoms with Crippen molar-refractivity contribution < 1.29 is 19.0 Å². The number of alkyl halides is 2. The summed E-state index contributed by atoms with van der Waals surface area (Å²) in [5, 5.41) is 20.9. The molecule has 0 heterocycles. The Balaban J connectivity index is 2.40. The molecule has 1 aromatic carbocycles. The lowest BCUT2D eigenvalue weighted by atomic mass is 10.1. The van der Waals surface area contributed by atoms with E-state index in [0.717, 1.165) is 0 Å². The number of hydrogen-bond acceptors (Lipinski definition) is 3. The lowest BCUT2D eigenvalue weighted by molar-refractivity contribution is -0.0488. The maximum Gasteiger partial charge on any atom is 0.282 e. The van der Waals surface area contributed by atoms with Crippen LogP contribution in [0.25, 0.3) is 0 Å². The van der Waals surface area contributed by atoms with Gasteiger partial charge in [-0.05, 0) is 17.7 Å². The zero-order valence-electron chi connectivity index (χ0n) is 9.04. The molecule has 17 heavy (non-hydrogen) atoms. The van der Waals surface area contributed by atoms with Gasteiger partial charge in [-0.2, -0.15) is 0 Å². The number of aliphatic hydroxyl groups excluding tert-OH is 2. The van der Waals surface area contributed by atoms with Crippen molar-refractivity contribution in [3.05, 3.63) is 34.9 Å². The summed E-state index contributed by atoms with van der Waals surface area (Å²) in [6, 6.07) is 6.47. The van der Waals surface area contributed by atoms with Crippen LogP contribution in [0.2, 0.25) is 5.02 Å². The minimum absolute atomic E-state index is 0.0166. The van der Waals surface area contributed by atoms with Crippen LogP contribution >= 0.6 is 11.6 Å². The molecule has 0 amide bonds.